The third-order valence-electron chi connectivity index (χ3n) is 3.32. The lowest BCUT2D eigenvalue weighted by molar-refractivity contribution is 0.138. The van der Waals surface area contributed by atoms with Crippen molar-refractivity contribution in [2.75, 3.05) is 13.1 Å². The Morgan fingerprint density at radius 3 is 1.48 bits per heavy atom. The molecule has 0 fully saturated rings. The highest BCUT2D eigenvalue weighted by Crippen LogP contribution is 2.01. The maximum atomic E-state index is 11.5. The van der Waals surface area contributed by atoms with E-state index in [0.29, 0.717) is 19.5 Å². The van der Waals surface area contributed by atoms with Gasteiger partial charge in [-0.15, -0.1) is 0 Å². The van der Waals surface area contributed by atoms with Gasteiger partial charge in [-0.1, -0.05) is 60.7 Å². The van der Waals surface area contributed by atoms with Crippen LogP contribution < -0.4 is 10.6 Å². The SMILES string of the molecule is O=C(NCCCNC(=O)OCc1ccccc1)OCc1ccccc1. The van der Waals surface area contributed by atoms with Crippen LogP contribution in [0.5, 0.6) is 0 Å². The summed E-state index contributed by atoms with van der Waals surface area (Å²) in [5, 5.41) is 5.26. The van der Waals surface area contributed by atoms with E-state index in [1.807, 2.05) is 60.7 Å². The lowest BCUT2D eigenvalue weighted by Gasteiger charge is -2.08. The van der Waals surface area contributed by atoms with Crippen LogP contribution in [0.1, 0.15) is 17.5 Å². The predicted octanol–water partition coefficient (Wildman–Crippen LogP) is 3.23. The van der Waals surface area contributed by atoms with E-state index >= 15 is 0 Å². The number of hydrogen-bond acceptors (Lipinski definition) is 4. The van der Waals surface area contributed by atoms with Gasteiger partial charge >= 0.3 is 12.2 Å². The maximum absolute atomic E-state index is 11.5. The summed E-state index contributed by atoms with van der Waals surface area (Å²) in [7, 11) is 0. The molecule has 2 aromatic carbocycles. The average molecular weight is 342 g/mol. The quantitative estimate of drug-likeness (QED) is 0.722. The van der Waals surface area contributed by atoms with Gasteiger partial charge in [0.25, 0.3) is 0 Å². The van der Waals surface area contributed by atoms with Gasteiger partial charge in [0.15, 0.2) is 0 Å². The van der Waals surface area contributed by atoms with Gasteiger partial charge in [0.1, 0.15) is 13.2 Å². The first-order chi connectivity index (χ1) is 12.2. The van der Waals surface area contributed by atoms with Crippen LogP contribution in [0.2, 0.25) is 0 Å². The van der Waals surface area contributed by atoms with Crippen molar-refractivity contribution in [1.29, 1.82) is 0 Å². The molecule has 0 heterocycles. The van der Waals surface area contributed by atoms with Crippen LogP contribution in [0.3, 0.4) is 0 Å². The smallest absolute Gasteiger partial charge is 0.407 e. The normalized spacial score (nSPS) is 9.92. The van der Waals surface area contributed by atoms with Crippen LogP contribution in [-0.4, -0.2) is 25.3 Å². The van der Waals surface area contributed by atoms with Gasteiger partial charge in [0.2, 0.25) is 0 Å². The molecule has 0 radical (unpaired) electrons. The van der Waals surface area contributed by atoms with Crippen molar-refractivity contribution >= 4 is 12.2 Å². The summed E-state index contributed by atoms with van der Waals surface area (Å²) >= 11 is 0. The van der Waals surface area contributed by atoms with Crippen LogP contribution in [0.4, 0.5) is 9.59 Å². The van der Waals surface area contributed by atoms with Crippen LogP contribution in [0.15, 0.2) is 60.7 Å². The van der Waals surface area contributed by atoms with E-state index in [1.165, 1.54) is 0 Å². The van der Waals surface area contributed by atoms with Crippen molar-refractivity contribution in [2.24, 2.45) is 0 Å². The highest BCUT2D eigenvalue weighted by molar-refractivity contribution is 5.67. The molecule has 0 spiro atoms. The molecule has 0 bridgehead atoms. The van der Waals surface area contributed by atoms with Crippen LogP contribution in [0.25, 0.3) is 0 Å². The van der Waals surface area contributed by atoms with Crippen molar-refractivity contribution < 1.29 is 19.1 Å². The van der Waals surface area contributed by atoms with E-state index in [0.717, 1.165) is 11.1 Å². The highest BCUT2D eigenvalue weighted by atomic mass is 16.6. The molecule has 2 rings (SSSR count). The van der Waals surface area contributed by atoms with Crippen molar-refractivity contribution in [3.05, 3.63) is 71.8 Å². The summed E-state index contributed by atoms with van der Waals surface area (Å²) in [4.78, 5) is 23.1. The van der Waals surface area contributed by atoms with Gasteiger partial charge in [-0.25, -0.2) is 9.59 Å². The van der Waals surface area contributed by atoms with Crippen LogP contribution in [0, 0.1) is 0 Å². The van der Waals surface area contributed by atoms with E-state index in [-0.39, 0.29) is 13.2 Å². The fourth-order valence-corrected chi connectivity index (χ4v) is 2.02. The summed E-state index contributed by atoms with van der Waals surface area (Å²) in [6.07, 6.45) is -0.369. The monoisotopic (exact) mass is 342 g/mol. The largest absolute Gasteiger partial charge is 0.445 e. The summed E-state index contributed by atoms with van der Waals surface area (Å²) in [5.74, 6) is 0. The minimum atomic E-state index is -0.476. The summed E-state index contributed by atoms with van der Waals surface area (Å²) < 4.78 is 10.2. The number of amides is 2. The first-order valence-electron chi connectivity index (χ1n) is 8.13. The molecule has 6 nitrogen and oxygen atoms in total. The number of nitrogens with one attached hydrogen (secondary N) is 2. The molecular formula is C19H22N2O4. The molecule has 0 saturated carbocycles. The number of ether oxygens (including phenoxy) is 2. The van der Waals surface area contributed by atoms with Crippen molar-refractivity contribution in [2.45, 2.75) is 19.6 Å². The topological polar surface area (TPSA) is 76.7 Å². The van der Waals surface area contributed by atoms with Gasteiger partial charge in [0.05, 0.1) is 0 Å². The van der Waals surface area contributed by atoms with Gasteiger partial charge in [-0.3, -0.25) is 0 Å². The van der Waals surface area contributed by atoms with Crippen molar-refractivity contribution in [1.82, 2.24) is 10.6 Å². The van der Waals surface area contributed by atoms with Crippen LogP contribution in [-0.2, 0) is 22.7 Å². The lowest BCUT2D eigenvalue weighted by Crippen LogP contribution is -2.30. The first-order valence-corrected chi connectivity index (χ1v) is 8.13. The Hall–Kier alpha value is -3.02. The molecule has 0 aromatic heterocycles. The second-order valence-electron chi connectivity index (χ2n) is 5.33. The molecule has 0 aliphatic carbocycles. The number of carbonyl (C=O) groups excluding carboxylic acids is 2. The number of alkyl carbamates (subject to hydrolysis) is 2. The number of hydrogen-bond donors (Lipinski definition) is 2. The minimum absolute atomic E-state index is 0.233. The van der Waals surface area contributed by atoms with E-state index < -0.39 is 12.2 Å². The molecule has 0 aliphatic heterocycles. The van der Waals surface area contributed by atoms with Gasteiger partial charge in [0, 0.05) is 13.1 Å². The average Bonchev–Trinajstić information content (AvgIpc) is 2.66. The molecule has 0 unspecified atom stereocenters. The van der Waals surface area contributed by atoms with Gasteiger partial charge < -0.3 is 20.1 Å². The number of benzene rings is 2. The zero-order valence-corrected chi connectivity index (χ0v) is 13.9. The fourth-order valence-electron chi connectivity index (χ4n) is 2.02. The fraction of sp³-hybridized carbons (Fsp3) is 0.263. The molecule has 0 atom stereocenters. The molecule has 132 valence electrons. The summed E-state index contributed by atoms with van der Waals surface area (Å²) in [6.45, 7) is 1.28. The molecule has 0 aliphatic rings. The molecule has 0 saturated heterocycles. The first kappa shape index (κ1) is 18.3. The van der Waals surface area contributed by atoms with E-state index in [2.05, 4.69) is 10.6 Å². The molecule has 2 aromatic rings. The molecule has 25 heavy (non-hydrogen) atoms. The Kier molecular flexibility index (Phi) is 7.84. The van der Waals surface area contributed by atoms with Crippen molar-refractivity contribution in [3.63, 3.8) is 0 Å². The predicted molar refractivity (Wildman–Crippen MR) is 93.9 cm³/mol. The van der Waals surface area contributed by atoms with E-state index in [1.54, 1.807) is 0 Å². The maximum Gasteiger partial charge on any atom is 0.407 e. The van der Waals surface area contributed by atoms with Crippen LogP contribution >= 0.6 is 0 Å². The third-order valence-corrected chi connectivity index (χ3v) is 3.32. The standard InChI is InChI=1S/C19H22N2O4/c22-18(24-14-16-8-3-1-4-9-16)20-12-7-13-21-19(23)25-15-17-10-5-2-6-11-17/h1-6,8-11H,7,12-15H2,(H,20,22)(H,21,23). The summed E-state index contributed by atoms with van der Waals surface area (Å²) in [6, 6.07) is 18.9. The van der Waals surface area contributed by atoms with Gasteiger partial charge in [-0.05, 0) is 17.5 Å². The third kappa shape index (κ3) is 7.87. The van der Waals surface area contributed by atoms with Crippen molar-refractivity contribution in [3.8, 4) is 0 Å². The molecule has 2 amide bonds. The highest BCUT2D eigenvalue weighted by Gasteiger charge is 2.04. The number of rotatable bonds is 8. The molecule has 6 heteroatoms. The molecular weight excluding hydrogens is 320 g/mol. The summed E-state index contributed by atoms with van der Waals surface area (Å²) in [5.41, 5.74) is 1.86. The van der Waals surface area contributed by atoms with Gasteiger partial charge in [-0.2, -0.15) is 0 Å². The zero-order chi connectivity index (χ0) is 17.7. The minimum Gasteiger partial charge on any atom is -0.445 e. The zero-order valence-electron chi connectivity index (χ0n) is 13.9. The van der Waals surface area contributed by atoms with E-state index in [4.69, 9.17) is 9.47 Å². The Morgan fingerprint density at radius 1 is 0.680 bits per heavy atom. The second-order valence-corrected chi connectivity index (χ2v) is 5.33. The number of carbonyl (C=O) groups is 2. The van der Waals surface area contributed by atoms with E-state index in [9.17, 15) is 9.59 Å². The Labute approximate surface area is 147 Å². The Balaban J connectivity index is 1.48. The Bertz CT molecular complexity index is 589. The second kappa shape index (κ2) is 10.7. The Morgan fingerprint density at radius 2 is 1.08 bits per heavy atom. The molecule has 2 N–H and O–H groups in total. The lowest BCUT2D eigenvalue weighted by atomic mass is 10.2.